The molecule has 0 saturated heterocycles. The van der Waals surface area contributed by atoms with Crippen LogP contribution in [0.3, 0.4) is 0 Å². The highest BCUT2D eigenvalue weighted by molar-refractivity contribution is 5.19. The van der Waals surface area contributed by atoms with Gasteiger partial charge in [-0.3, -0.25) is 0 Å². The van der Waals surface area contributed by atoms with Gasteiger partial charge in [-0.2, -0.15) is 4.73 Å². The summed E-state index contributed by atoms with van der Waals surface area (Å²) in [5.41, 5.74) is 1.95. The smallest absolute Gasteiger partial charge is 0.193 e. The molecule has 3 nitrogen and oxygen atoms in total. The van der Waals surface area contributed by atoms with Crippen LogP contribution in [0.2, 0.25) is 0 Å². The number of aromatic nitrogens is 1. The molecule has 1 atom stereocenters. The van der Waals surface area contributed by atoms with E-state index in [0.29, 0.717) is 5.92 Å². The van der Waals surface area contributed by atoms with Crippen molar-refractivity contribution in [3.8, 4) is 0 Å². The van der Waals surface area contributed by atoms with E-state index < -0.39 is 0 Å². The fraction of sp³-hybridized carbons (Fsp3) is 0.583. The summed E-state index contributed by atoms with van der Waals surface area (Å²) in [5.74, 6) is 0.423. The summed E-state index contributed by atoms with van der Waals surface area (Å²) in [4.78, 5) is 0. The van der Waals surface area contributed by atoms with Gasteiger partial charge in [0.15, 0.2) is 11.9 Å². The molecule has 0 fully saturated rings. The molecule has 0 N–H and O–H groups in total. The van der Waals surface area contributed by atoms with Crippen molar-refractivity contribution in [3.63, 3.8) is 0 Å². The lowest BCUT2D eigenvalue weighted by Gasteiger charge is -2.16. The highest BCUT2D eigenvalue weighted by Gasteiger charge is 2.16. The van der Waals surface area contributed by atoms with Gasteiger partial charge in [0.1, 0.15) is 0 Å². The number of methoxy groups -OCH3 is 1. The summed E-state index contributed by atoms with van der Waals surface area (Å²) in [5, 5.41) is 11.4. The van der Waals surface area contributed by atoms with E-state index in [0.717, 1.165) is 35.4 Å². The molecule has 0 amide bonds. The van der Waals surface area contributed by atoms with Crippen LogP contribution in [-0.2, 0) is 4.74 Å². The SMILES string of the molecule is CCC(CCOC)c1ccc[n+]([O-])c1C. The molecular formula is C12H19NO2. The Bertz CT molecular complexity index is 312. The van der Waals surface area contributed by atoms with Crippen LogP contribution in [0.1, 0.15) is 36.9 Å². The fourth-order valence-corrected chi connectivity index (χ4v) is 1.86. The summed E-state index contributed by atoms with van der Waals surface area (Å²) < 4.78 is 6.02. The van der Waals surface area contributed by atoms with Crippen molar-refractivity contribution in [2.75, 3.05) is 13.7 Å². The molecule has 0 bridgehead atoms. The van der Waals surface area contributed by atoms with Crippen molar-refractivity contribution in [2.24, 2.45) is 0 Å². The first kappa shape index (κ1) is 12.0. The lowest BCUT2D eigenvalue weighted by Crippen LogP contribution is -2.31. The molecule has 1 rings (SSSR count). The number of rotatable bonds is 5. The summed E-state index contributed by atoms with van der Waals surface area (Å²) in [7, 11) is 1.71. The largest absolute Gasteiger partial charge is 0.619 e. The fourth-order valence-electron chi connectivity index (χ4n) is 1.86. The first-order chi connectivity index (χ1) is 7.20. The van der Waals surface area contributed by atoms with E-state index in [1.165, 1.54) is 0 Å². The van der Waals surface area contributed by atoms with Gasteiger partial charge in [0.25, 0.3) is 0 Å². The van der Waals surface area contributed by atoms with E-state index in [1.54, 1.807) is 13.3 Å². The zero-order chi connectivity index (χ0) is 11.3. The summed E-state index contributed by atoms with van der Waals surface area (Å²) >= 11 is 0. The van der Waals surface area contributed by atoms with E-state index in [-0.39, 0.29) is 0 Å². The molecule has 0 radical (unpaired) electrons. The molecule has 1 aromatic rings. The highest BCUT2D eigenvalue weighted by atomic mass is 16.5. The zero-order valence-corrected chi connectivity index (χ0v) is 9.69. The summed E-state index contributed by atoms with van der Waals surface area (Å²) in [6.45, 7) is 4.76. The standard InChI is InChI=1S/C12H19NO2/c1-4-11(7-9-15-3)12-6-5-8-13(14)10(12)2/h5-6,8,11H,4,7,9H2,1-3H3. The molecule has 0 aromatic carbocycles. The van der Waals surface area contributed by atoms with Gasteiger partial charge in [0.2, 0.25) is 0 Å². The van der Waals surface area contributed by atoms with Crippen LogP contribution in [0, 0.1) is 12.1 Å². The van der Waals surface area contributed by atoms with Crippen LogP contribution in [0.25, 0.3) is 0 Å². The molecule has 0 aliphatic carbocycles. The minimum atomic E-state index is 0.423. The number of nitrogens with zero attached hydrogens (tertiary/aromatic N) is 1. The van der Waals surface area contributed by atoms with Gasteiger partial charge in [-0.1, -0.05) is 6.92 Å². The number of pyridine rings is 1. The maximum absolute atomic E-state index is 11.4. The zero-order valence-electron chi connectivity index (χ0n) is 9.69. The maximum Gasteiger partial charge on any atom is 0.193 e. The molecule has 84 valence electrons. The first-order valence-electron chi connectivity index (χ1n) is 5.38. The van der Waals surface area contributed by atoms with Crippen molar-refractivity contribution >= 4 is 0 Å². The lowest BCUT2D eigenvalue weighted by atomic mass is 9.92. The molecule has 1 unspecified atom stereocenters. The quantitative estimate of drug-likeness (QED) is 0.550. The van der Waals surface area contributed by atoms with Gasteiger partial charge < -0.3 is 9.94 Å². The average Bonchev–Trinajstić information content (AvgIpc) is 2.25. The second-order valence-corrected chi connectivity index (χ2v) is 3.76. The second kappa shape index (κ2) is 5.71. The number of ether oxygens (including phenoxy) is 1. The van der Waals surface area contributed by atoms with Crippen LogP contribution in [-0.4, -0.2) is 13.7 Å². The molecule has 1 heterocycles. The Morgan fingerprint density at radius 2 is 2.27 bits per heavy atom. The van der Waals surface area contributed by atoms with Crippen molar-refractivity contribution < 1.29 is 9.47 Å². The Hall–Kier alpha value is -1.09. The third-order valence-electron chi connectivity index (χ3n) is 2.85. The van der Waals surface area contributed by atoms with Crippen LogP contribution in [0.15, 0.2) is 18.3 Å². The van der Waals surface area contributed by atoms with Crippen LogP contribution >= 0.6 is 0 Å². The predicted octanol–water partition coefficient (Wildman–Crippen LogP) is 2.16. The molecule has 0 spiro atoms. The van der Waals surface area contributed by atoms with Gasteiger partial charge in [0, 0.05) is 32.3 Å². The van der Waals surface area contributed by atoms with Gasteiger partial charge >= 0.3 is 0 Å². The summed E-state index contributed by atoms with van der Waals surface area (Å²) in [6.07, 6.45) is 3.55. The van der Waals surface area contributed by atoms with Gasteiger partial charge in [0.05, 0.1) is 0 Å². The Balaban J connectivity index is 2.86. The Labute approximate surface area is 91.3 Å². The molecule has 3 heteroatoms. The predicted molar refractivity (Wildman–Crippen MR) is 59.7 cm³/mol. The van der Waals surface area contributed by atoms with Crippen LogP contribution in [0.4, 0.5) is 0 Å². The van der Waals surface area contributed by atoms with Crippen molar-refractivity contribution in [1.29, 1.82) is 0 Å². The molecule has 15 heavy (non-hydrogen) atoms. The number of hydrogen-bond donors (Lipinski definition) is 0. The van der Waals surface area contributed by atoms with E-state index >= 15 is 0 Å². The Morgan fingerprint density at radius 1 is 1.53 bits per heavy atom. The first-order valence-corrected chi connectivity index (χ1v) is 5.38. The lowest BCUT2D eigenvalue weighted by molar-refractivity contribution is -0.612. The van der Waals surface area contributed by atoms with Gasteiger partial charge in [-0.25, -0.2) is 0 Å². The summed E-state index contributed by atoms with van der Waals surface area (Å²) in [6, 6.07) is 3.85. The minimum absolute atomic E-state index is 0.423. The Morgan fingerprint density at radius 3 is 2.87 bits per heavy atom. The minimum Gasteiger partial charge on any atom is -0.619 e. The highest BCUT2D eigenvalue weighted by Crippen LogP contribution is 2.24. The van der Waals surface area contributed by atoms with Crippen molar-refractivity contribution in [3.05, 3.63) is 34.8 Å². The monoisotopic (exact) mass is 209 g/mol. The maximum atomic E-state index is 11.4. The third-order valence-corrected chi connectivity index (χ3v) is 2.85. The van der Waals surface area contributed by atoms with Gasteiger partial charge in [-0.15, -0.1) is 0 Å². The van der Waals surface area contributed by atoms with E-state index in [4.69, 9.17) is 4.74 Å². The number of hydrogen-bond acceptors (Lipinski definition) is 2. The van der Waals surface area contributed by atoms with Crippen molar-refractivity contribution in [1.82, 2.24) is 0 Å². The third kappa shape index (κ3) is 2.93. The van der Waals surface area contributed by atoms with E-state index in [9.17, 15) is 5.21 Å². The Kier molecular flexibility index (Phi) is 4.56. The second-order valence-electron chi connectivity index (χ2n) is 3.76. The normalized spacial score (nSPS) is 12.7. The molecule has 0 aliphatic rings. The van der Waals surface area contributed by atoms with Crippen LogP contribution < -0.4 is 4.73 Å². The van der Waals surface area contributed by atoms with Crippen molar-refractivity contribution in [2.45, 2.75) is 32.6 Å². The average molecular weight is 209 g/mol. The van der Waals surface area contributed by atoms with E-state index in [1.807, 2.05) is 19.1 Å². The molecule has 0 saturated carbocycles. The molecule has 1 aromatic heterocycles. The topological polar surface area (TPSA) is 36.2 Å². The molecule has 0 aliphatic heterocycles. The molecular weight excluding hydrogens is 190 g/mol. The van der Waals surface area contributed by atoms with Gasteiger partial charge in [-0.05, 0) is 24.8 Å². The van der Waals surface area contributed by atoms with Crippen LogP contribution in [0.5, 0.6) is 0 Å². The van der Waals surface area contributed by atoms with E-state index in [2.05, 4.69) is 6.92 Å².